The van der Waals surface area contributed by atoms with E-state index in [1.807, 2.05) is 42.5 Å². The van der Waals surface area contributed by atoms with Gasteiger partial charge in [-0.25, -0.2) is 4.98 Å². The lowest BCUT2D eigenvalue weighted by Crippen LogP contribution is -2.44. The van der Waals surface area contributed by atoms with Gasteiger partial charge in [0.1, 0.15) is 5.82 Å². The summed E-state index contributed by atoms with van der Waals surface area (Å²) >= 11 is 0. The van der Waals surface area contributed by atoms with Gasteiger partial charge in [0.05, 0.1) is 24.2 Å². The fourth-order valence-electron chi connectivity index (χ4n) is 4.08. The summed E-state index contributed by atoms with van der Waals surface area (Å²) in [6, 6.07) is 5.89. The van der Waals surface area contributed by atoms with Crippen molar-refractivity contribution in [3.8, 4) is 0 Å². The second-order valence-corrected chi connectivity index (χ2v) is 7.31. The van der Waals surface area contributed by atoms with E-state index in [0.717, 1.165) is 57.0 Å². The zero-order valence-electron chi connectivity index (χ0n) is 14.8. The molecule has 2 fully saturated rings. The molecule has 0 atom stereocenters. The number of nitrogens with zero attached hydrogens (tertiary/aromatic N) is 5. The van der Waals surface area contributed by atoms with Crippen LogP contribution in [-0.4, -0.2) is 49.9 Å². The first-order valence-corrected chi connectivity index (χ1v) is 9.04. The van der Waals surface area contributed by atoms with Crippen molar-refractivity contribution in [3.63, 3.8) is 0 Å². The number of rotatable bonds is 4. The number of amides is 1. The Morgan fingerprint density at radius 1 is 1.04 bits per heavy atom. The molecule has 2 aromatic rings. The SMILES string of the molecule is Cn1ccnc1CN1CCC2(CC1)CCN(Cc1ccccn1)C2=O. The number of pyridine rings is 1. The quantitative estimate of drug-likeness (QED) is 0.853. The van der Waals surface area contributed by atoms with Crippen LogP contribution >= 0.6 is 0 Å². The standard InChI is InChI=1S/C19H25N5O/c1-22-13-9-21-17(22)15-23-10-5-19(6-11-23)7-12-24(18(19)25)14-16-4-2-3-8-20-16/h2-4,8-9,13H,5-7,10-12,14-15H2,1H3. The van der Waals surface area contributed by atoms with Crippen LogP contribution < -0.4 is 0 Å². The lowest BCUT2D eigenvalue weighted by atomic mass is 9.77. The van der Waals surface area contributed by atoms with Crippen LogP contribution in [0.25, 0.3) is 0 Å². The summed E-state index contributed by atoms with van der Waals surface area (Å²) in [4.78, 5) is 26.2. The van der Waals surface area contributed by atoms with Crippen molar-refractivity contribution in [3.05, 3.63) is 48.3 Å². The van der Waals surface area contributed by atoms with E-state index in [2.05, 4.69) is 19.4 Å². The van der Waals surface area contributed by atoms with Crippen molar-refractivity contribution in [2.75, 3.05) is 19.6 Å². The Morgan fingerprint density at radius 2 is 1.84 bits per heavy atom. The highest BCUT2D eigenvalue weighted by atomic mass is 16.2. The molecule has 25 heavy (non-hydrogen) atoms. The third kappa shape index (κ3) is 3.18. The number of hydrogen-bond donors (Lipinski definition) is 0. The third-order valence-electron chi connectivity index (χ3n) is 5.78. The van der Waals surface area contributed by atoms with Gasteiger partial charge < -0.3 is 9.47 Å². The average Bonchev–Trinajstić information content (AvgIpc) is 3.17. The zero-order valence-corrected chi connectivity index (χ0v) is 14.8. The lowest BCUT2D eigenvalue weighted by Gasteiger charge is -2.37. The van der Waals surface area contributed by atoms with E-state index >= 15 is 0 Å². The Kier molecular flexibility index (Phi) is 4.29. The summed E-state index contributed by atoms with van der Waals surface area (Å²) in [7, 11) is 2.03. The highest BCUT2D eigenvalue weighted by Gasteiger charge is 2.47. The van der Waals surface area contributed by atoms with Gasteiger partial charge in [0.2, 0.25) is 5.91 Å². The van der Waals surface area contributed by atoms with E-state index < -0.39 is 0 Å². The summed E-state index contributed by atoms with van der Waals surface area (Å²) in [5, 5.41) is 0. The largest absolute Gasteiger partial charge is 0.337 e. The molecule has 2 aliphatic rings. The Labute approximate surface area is 148 Å². The van der Waals surface area contributed by atoms with Gasteiger partial charge in [-0.1, -0.05) is 6.07 Å². The van der Waals surface area contributed by atoms with Gasteiger partial charge in [-0.05, 0) is 44.5 Å². The molecule has 0 aliphatic carbocycles. The highest BCUT2D eigenvalue weighted by Crippen LogP contribution is 2.42. The molecule has 0 radical (unpaired) electrons. The Balaban J connectivity index is 1.36. The molecule has 2 aromatic heterocycles. The summed E-state index contributed by atoms with van der Waals surface area (Å²) in [5.41, 5.74) is 0.826. The minimum atomic E-state index is -0.146. The van der Waals surface area contributed by atoms with Crippen molar-refractivity contribution in [2.24, 2.45) is 12.5 Å². The second kappa shape index (κ2) is 6.59. The van der Waals surface area contributed by atoms with Gasteiger partial charge >= 0.3 is 0 Å². The molecule has 1 spiro atoms. The average molecular weight is 339 g/mol. The normalized spacial score (nSPS) is 20.5. The Bertz CT molecular complexity index is 733. The first-order valence-electron chi connectivity index (χ1n) is 9.04. The van der Waals surface area contributed by atoms with Crippen molar-refractivity contribution < 1.29 is 4.79 Å². The molecular formula is C19H25N5O. The van der Waals surface area contributed by atoms with Crippen LogP contribution in [0, 0.1) is 5.41 Å². The van der Waals surface area contributed by atoms with Crippen molar-refractivity contribution >= 4 is 5.91 Å². The summed E-state index contributed by atoms with van der Waals surface area (Å²) in [5.74, 6) is 1.42. The van der Waals surface area contributed by atoms with Gasteiger partial charge in [0.25, 0.3) is 0 Å². The van der Waals surface area contributed by atoms with Crippen molar-refractivity contribution in [1.29, 1.82) is 0 Å². The fourth-order valence-corrected chi connectivity index (χ4v) is 4.08. The van der Waals surface area contributed by atoms with E-state index in [9.17, 15) is 4.79 Å². The van der Waals surface area contributed by atoms with Crippen LogP contribution in [0.5, 0.6) is 0 Å². The predicted molar refractivity (Wildman–Crippen MR) is 94.4 cm³/mol. The monoisotopic (exact) mass is 339 g/mol. The van der Waals surface area contributed by atoms with Crippen molar-refractivity contribution in [1.82, 2.24) is 24.3 Å². The smallest absolute Gasteiger partial charge is 0.229 e. The molecule has 0 saturated carbocycles. The number of hydrogen-bond acceptors (Lipinski definition) is 4. The molecule has 4 rings (SSSR count). The molecule has 6 nitrogen and oxygen atoms in total. The van der Waals surface area contributed by atoms with Crippen LogP contribution in [0.1, 0.15) is 30.8 Å². The molecule has 2 aliphatic heterocycles. The minimum absolute atomic E-state index is 0.146. The van der Waals surface area contributed by atoms with E-state index in [4.69, 9.17) is 0 Å². The molecule has 132 valence electrons. The van der Waals surface area contributed by atoms with Crippen LogP contribution in [0.3, 0.4) is 0 Å². The van der Waals surface area contributed by atoms with E-state index in [-0.39, 0.29) is 5.41 Å². The number of likely N-dealkylation sites (tertiary alicyclic amines) is 2. The number of aromatic nitrogens is 3. The van der Waals surface area contributed by atoms with Gasteiger partial charge in [0, 0.05) is 32.2 Å². The second-order valence-electron chi connectivity index (χ2n) is 7.31. The molecule has 2 saturated heterocycles. The summed E-state index contributed by atoms with van der Waals surface area (Å²) in [6.45, 7) is 4.30. The fraction of sp³-hybridized carbons (Fsp3) is 0.526. The molecule has 4 heterocycles. The lowest BCUT2D eigenvalue weighted by molar-refractivity contribution is -0.139. The minimum Gasteiger partial charge on any atom is -0.337 e. The number of carbonyl (C=O) groups is 1. The van der Waals surface area contributed by atoms with E-state index in [0.29, 0.717) is 12.5 Å². The van der Waals surface area contributed by atoms with Crippen LogP contribution in [-0.2, 0) is 24.9 Å². The molecule has 0 unspecified atom stereocenters. The highest BCUT2D eigenvalue weighted by molar-refractivity contribution is 5.85. The number of aryl methyl sites for hydroxylation is 1. The van der Waals surface area contributed by atoms with Gasteiger partial charge in [0.15, 0.2) is 0 Å². The van der Waals surface area contributed by atoms with Gasteiger partial charge in [-0.3, -0.25) is 14.7 Å². The van der Waals surface area contributed by atoms with Gasteiger partial charge in [-0.15, -0.1) is 0 Å². The Morgan fingerprint density at radius 3 is 2.52 bits per heavy atom. The van der Waals surface area contributed by atoms with Crippen LogP contribution in [0.2, 0.25) is 0 Å². The van der Waals surface area contributed by atoms with Crippen LogP contribution in [0.15, 0.2) is 36.8 Å². The summed E-state index contributed by atoms with van der Waals surface area (Å²) in [6.07, 6.45) is 8.51. The van der Waals surface area contributed by atoms with E-state index in [1.165, 1.54) is 0 Å². The third-order valence-corrected chi connectivity index (χ3v) is 5.78. The zero-order chi connectivity index (χ0) is 17.3. The maximum Gasteiger partial charge on any atom is 0.229 e. The molecule has 6 heteroatoms. The molecule has 0 N–H and O–H groups in total. The Hall–Kier alpha value is -2.21. The topological polar surface area (TPSA) is 54.3 Å². The van der Waals surface area contributed by atoms with E-state index in [1.54, 1.807) is 6.20 Å². The first-order chi connectivity index (χ1) is 12.2. The van der Waals surface area contributed by atoms with Crippen molar-refractivity contribution in [2.45, 2.75) is 32.4 Å². The molecule has 1 amide bonds. The molecule has 0 aromatic carbocycles. The number of imidazole rings is 1. The first kappa shape index (κ1) is 16.3. The number of carbonyl (C=O) groups excluding carboxylic acids is 1. The number of piperidine rings is 1. The summed E-state index contributed by atoms with van der Waals surface area (Å²) < 4.78 is 2.07. The molecule has 0 bridgehead atoms. The van der Waals surface area contributed by atoms with Crippen LogP contribution in [0.4, 0.5) is 0 Å². The maximum absolute atomic E-state index is 13.0. The molecular weight excluding hydrogens is 314 g/mol. The maximum atomic E-state index is 13.0. The predicted octanol–water partition coefficient (Wildman–Crippen LogP) is 1.83. The van der Waals surface area contributed by atoms with Gasteiger partial charge in [-0.2, -0.15) is 0 Å².